The van der Waals surface area contributed by atoms with Gasteiger partial charge in [0.1, 0.15) is 0 Å². The lowest BCUT2D eigenvalue weighted by Crippen LogP contribution is -2.32. The van der Waals surface area contributed by atoms with Gasteiger partial charge in [0.15, 0.2) is 5.12 Å². The maximum absolute atomic E-state index is 11.2. The normalized spacial score (nSPS) is 22.2. The average molecular weight is 291 g/mol. The fourth-order valence-corrected chi connectivity index (χ4v) is 3.25. The van der Waals surface area contributed by atoms with Crippen LogP contribution in [0.25, 0.3) is 6.08 Å². The predicted molar refractivity (Wildman–Crippen MR) is 76.9 cm³/mol. The molecular weight excluding hydrogens is 276 g/mol. The van der Waals surface area contributed by atoms with Crippen molar-refractivity contribution in [2.75, 3.05) is 13.1 Å². The minimum atomic E-state index is 0. The van der Waals surface area contributed by atoms with Crippen LogP contribution >= 0.6 is 35.5 Å². The number of hydrogen-bond donors (Lipinski definition) is 1. The van der Waals surface area contributed by atoms with E-state index < -0.39 is 0 Å². The molecule has 1 aromatic heterocycles. The number of piperidine rings is 1. The van der Waals surface area contributed by atoms with E-state index in [1.54, 1.807) is 18.3 Å². The van der Waals surface area contributed by atoms with Gasteiger partial charge in [-0.05, 0) is 24.6 Å². The molecule has 0 spiro atoms. The van der Waals surface area contributed by atoms with Crippen LogP contribution in [0.4, 0.5) is 0 Å². The number of halogens is 1. The third-order valence-corrected chi connectivity index (χ3v) is 4.29. The molecule has 2 rings (SSSR count). The van der Waals surface area contributed by atoms with Crippen LogP contribution < -0.4 is 5.32 Å². The first-order chi connectivity index (χ1) is 7.75. The lowest BCUT2D eigenvalue weighted by Gasteiger charge is -2.24. The van der Waals surface area contributed by atoms with E-state index in [0.29, 0.717) is 5.25 Å². The third-order valence-electron chi connectivity index (χ3n) is 2.41. The predicted octanol–water partition coefficient (Wildman–Crippen LogP) is 2.59. The van der Waals surface area contributed by atoms with Gasteiger partial charge in [0.05, 0.1) is 5.51 Å². The van der Waals surface area contributed by atoms with Crippen LogP contribution in [0.15, 0.2) is 17.3 Å². The van der Waals surface area contributed by atoms with E-state index in [1.165, 1.54) is 17.3 Å². The van der Waals surface area contributed by atoms with Gasteiger partial charge in [-0.25, -0.2) is 0 Å². The number of carbonyl (C=O) groups is 1. The van der Waals surface area contributed by atoms with Gasteiger partial charge >= 0.3 is 0 Å². The lowest BCUT2D eigenvalue weighted by atomic mass is 10.1. The Morgan fingerprint density at radius 2 is 2.53 bits per heavy atom. The van der Waals surface area contributed by atoms with Gasteiger partial charge in [-0.15, -0.1) is 23.7 Å². The summed E-state index contributed by atoms with van der Waals surface area (Å²) in [7, 11) is 0. The van der Waals surface area contributed by atoms with Crippen LogP contribution in [-0.4, -0.2) is 28.4 Å². The highest BCUT2D eigenvalue weighted by atomic mass is 35.5. The summed E-state index contributed by atoms with van der Waals surface area (Å²) in [6.45, 7) is 3.50. The highest BCUT2D eigenvalue weighted by Gasteiger charge is 2.20. The van der Waals surface area contributed by atoms with E-state index in [4.69, 9.17) is 0 Å². The van der Waals surface area contributed by atoms with E-state index >= 15 is 0 Å². The largest absolute Gasteiger partial charge is 0.313 e. The van der Waals surface area contributed by atoms with Gasteiger partial charge in [0.2, 0.25) is 0 Å². The van der Waals surface area contributed by atoms with Crippen LogP contribution in [0.1, 0.15) is 18.2 Å². The third kappa shape index (κ3) is 4.43. The SMILES string of the molecule is CC(=O)SC1CCNCC1=Cc1cncs1.Cl. The summed E-state index contributed by atoms with van der Waals surface area (Å²) in [4.78, 5) is 16.4. The second-order valence-electron chi connectivity index (χ2n) is 3.69. The van der Waals surface area contributed by atoms with Crippen molar-refractivity contribution in [3.05, 3.63) is 22.2 Å². The zero-order valence-corrected chi connectivity index (χ0v) is 12.0. The summed E-state index contributed by atoms with van der Waals surface area (Å²) in [6, 6.07) is 0. The fraction of sp³-hybridized carbons (Fsp3) is 0.455. The Balaban J connectivity index is 0.00000144. The van der Waals surface area contributed by atoms with Crippen molar-refractivity contribution in [2.24, 2.45) is 0 Å². The van der Waals surface area contributed by atoms with Crippen molar-refractivity contribution >= 4 is 46.7 Å². The van der Waals surface area contributed by atoms with Gasteiger partial charge in [-0.3, -0.25) is 9.78 Å². The van der Waals surface area contributed by atoms with Crippen molar-refractivity contribution in [2.45, 2.75) is 18.6 Å². The standard InChI is InChI=1S/C11H14N2OS2.ClH/c1-8(14)16-11-2-3-12-5-9(11)4-10-6-13-7-15-10;/h4,6-7,11-12H,2-3,5H2,1H3;1H. The topological polar surface area (TPSA) is 42.0 Å². The van der Waals surface area contributed by atoms with Crippen LogP contribution in [0, 0.1) is 0 Å². The molecule has 2 heterocycles. The van der Waals surface area contributed by atoms with Crippen LogP contribution in [-0.2, 0) is 4.79 Å². The molecule has 94 valence electrons. The summed E-state index contributed by atoms with van der Waals surface area (Å²) < 4.78 is 0. The molecule has 1 aliphatic rings. The molecule has 1 unspecified atom stereocenters. The molecule has 3 nitrogen and oxygen atoms in total. The summed E-state index contributed by atoms with van der Waals surface area (Å²) in [6.07, 6.45) is 5.04. The first-order valence-corrected chi connectivity index (χ1v) is 6.98. The maximum atomic E-state index is 11.2. The smallest absolute Gasteiger partial charge is 0.186 e. The van der Waals surface area contributed by atoms with Crippen LogP contribution in [0.5, 0.6) is 0 Å². The Morgan fingerprint density at radius 1 is 1.71 bits per heavy atom. The van der Waals surface area contributed by atoms with E-state index in [2.05, 4.69) is 16.4 Å². The zero-order chi connectivity index (χ0) is 11.4. The van der Waals surface area contributed by atoms with E-state index in [0.717, 1.165) is 24.4 Å². The lowest BCUT2D eigenvalue weighted by molar-refractivity contribution is -0.109. The Bertz CT molecular complexity index is 392. The molecule has 1 aliphatic heterocycles. The van der Waals surface area contributed by atoms with Crippen LogP contribution in [0.2, 0.25) is 0 Å². The molecule has 0 aromatic carbocycles. The molecule has 0 bridgehead atoms. The maximum Gasteiger partial charge on any atom is 0.186 e. The number of nitrogens with one attached hydrogen (secondary N) is 1. The molecule has 6 heteroatoms. The van der Waals surface area contributed by atoms with Crippen molar-refractivity contribution in [3.63, 3.8) is 0 Å². The molecule has 0 saturated carbocycles. The first kappa shape index (κ1) is 14.7. The molecule has 1 aromatic rings. The molecule has 1 atom stereocenters. The van der Waals surface area contributed by atoms with Crippen molar-refractivity contribution in [1.29, 1.82) is 0 Å². The number of nitrogens with zero attached hydrogens (tertiary/aromatic N) is 1. The van der Waals surface area contributed by atoms with Gasteiger partial charge in [0.25, 0.3) is 0 Å². The summed E-state index contributed by atoms with van der Waals surface area (Å²) in [5, 5.41) is 3.87. The Hall–Kier alpha value is -0.360. The summed E-state index contributed by atoms with van der Waals surface area (Å²) >= 11 is 3.07. The molecule has 0 radical (unpaired) electrons. The van der Waals surface area contributed by atoms with Crippen molar-refractivity contribution < 1.29 is 4.79 Å². The second kappa shape index (κ2) is 7.16. The summed E-state index contributed by atoms with van der Waals surface area (Å²) in [5.41, 5.74) is 3.13. The molecule has 1 saturated heterocycles. The number of hydrogen-bond acceptors (Lipinski definition) is 5. The Morgan fingerprint density at radius 3 is 3.18 bits per heavy atom. The molecule has 1 fully saturated rings. The highest BCUT2D eigenvalue weighted by Crippen LogP contribution is 2.27. The molecule has 17 heavy (non-hydrogen) atoms. The van der Waals surface area contributed by atoms with Gasteiger partial charge in [0, 0.05) is 29.8 Å². The van der Waals surface area contributed by atoms with Gasteiger partial charge < -0.3 is 5.32 Å². The number of thiazole rings is 1. The van der Waals surface area contributed by atoms with E-state index in [-0.39, 0.29) is 17.5 Å². The number of aromatic nitrogens is 1. The molecule has 1 N–H and O–H groups in total. The van der Waals surface area contributed by atoms with Gasteiger partial charge in [-0.1, -0.05) is 11.8 Å². The number of carbonyl (C=O) groups excluding carboxylic acids is 1. The second-order valence-corrected chi connectivity index (χ2v) is 5.98. The number of thioether (sulfide) groups is 1. The van der Waals surface area contributed by atoms with Gasteiger partial charge in [-0.2, -0.15) is 0 Å². The number of rotatable bonds is 2. The Kier molecular flexibility index (Phi) is 6.19. The van der Waals surface area contributed by atoms with Crippen molar-refractivity contribution in [3.8, 4) is 0 Å². The minimum absolute atomic E-state index is 0. The quantitative estimate of drug-likeness (QED) is 0.909. The minimum Gasteiger partial charge on any atom is -0.313 e. The average Bonchev–Trinajstić information content (AvgIpc) is 2.73. The fourth-order valence-electron chi connectivity index (χ4n) is 1.72. The monoisotopic (exact) mass is 290 g/mol. The Labute approximate surface area is 116 Å². The first-order valence-electron chi connectivity index (χ1n) is 5.22. The zero-order valence-electron chi connectivity index (χ0n) is 9.51. The van der Waals surface area contributed by atoms with Crippen molar-refractivity contribution in [1.82, 2.24) is 10.3 Å². The molecule has 0 aliphatic carbocycles. The summed E-state index contributed by atoms with van der Waals surface area (Å²) in [5.74, 6) is 0. The highest BCUT2D eigenvalue weighted by molar-refractivity contribution is 8.14. The van der Waals surface area contributed by atoms with E-state index in [9.17, 15) is 4.79 Å². The molecular formula is C11H15ClN2OS2. The molecule has 0 amide bonds. The van der Waals surface area contributed by atoms with E-state index in [1.807, 2.05) is 11.7 Å². The van der Waals surface area contributed by atoms with Crippen LogP contribution in [0.3, 0.4) is 0 Å².